The number of aryl methyl sites for hydroxylation is 1. The molecule has 1 N–H and O–H groups in total. The van der Waals surface area contributed by atoms with E-state index >= 15 is 0 Å². The second-order valence-electron chi connectivity index (χ2n) is 6.61. The number of hydrogen-bond donors (Lipinski definition) is 1. The number of ether oxygens (including phenoxy) is 1. The number of nitrogens with one attached hydrogen (secondary N) is 1. The molecule has 0 saturated heterocycles. The van der Waals surface area contributed by atoms with Gasteiger partial charge in [-0.2, -0.15) is 10.2 Å². The molecule has 7 nitrogen and oxygen atoms in total. The van der Waals surface area contributed by atoms with Crippen LogP contribution in [-0.2, 0) is 6.54 Å². The normalized spacial score (nSPS) is 10.7. The van der Waals surface area contributed by atoms with Crippen LogP contribution in [0.15, 0.2) is 79.4 Å². The predicted molar refractivity (Wildman–Crippen MR) is 110 cm³/mol. The average molecular weight is 387 g/mol. The molecule has 0 radical (unpaired) electrons. The van der Waals surface area contributed by atoms with Gasteiger partial charge < -0.3 is 10.1 Å². The van der Waals surface area contributed by atoms with E-state index in [2.05, 4.69) is 15.5 Å². The van der Waals surface area contributed by atoms with Gasteiger partial charge >= 0.3 is 0 Å². The molecular formula is C22H21N5O2. The van der Waals surface area contributed by atoms with Crippen molar-refractivity contribution in [2.45, 2.75) is 13.5 Å². The zero-order chi connectivity index (χ0) is 20.1. The van der Waals surface area contributed by atoms with Crippen LogP contribution in [0.3, 0.4) is 0 Å². The van der Waals surface area contributed by atoms with Gasteiger partial charge in [-0.1, -0.05) is 6.07 Å². The maximum atomic E-state index is 12.6. The van der Waals surface area contributed by atoms with Crippen molar-refractivity contribution < 1.29 is 9.53 Å². The number of aromatic nitrogens is 4. The van der Waals surface area contributed by atoms with Crippen LogP contribution in [-0.4, -0.2) is 32.1 Å². The van der Waals surface area contributed by atoms with E-state index in [4.69, 9.17) is 4.74 Å². The van der Waals surface area contributed by atoms with Gasteiger partial charge in [-0.3, -0.25) is 9.48 Å². The fourth-order valence-electron chi connectivity index (χ4n) is 2.88. The lowest BCUT2D eigenvalue weighted by molar-refractivity contribution is 0.102. The van der Waals surface area contributed by atoms with Gasteiger partial charge in [0.2, 0.25) is 0 Å². The number of amides is 1. The summed E-state index contributed by atoms with van der Waals surface area (Å²) in [4.78, 5) is 12.6. The molecule has 7 heteroatoms. The highest BCUT2D eigenvalue weighted by Crippen LogP contribution is 2.19. The van der Waals surface area contributed by atoms with Crippen LogP contribution < -0.4 is 10.1 Å². The van der Waals surface area contributed by atoms with E-state index in [1.165, 1.54) is 0 Å². The highest BCUT2D eigenvalue weighted by molar-refractivity contribution is 6.04. The molecule has 2 heterocycles. The molecule has 2 aromatic carbocycles. The molecule has 0 unspecified atom stereocenters. The summed E-state index contributed by atoms with van der Waals surface area (Å²) in [7, 11) is 0. The second-order valence-corrected chi connectivity index (χ2v) is 6.61. The Hall–Kier alpha value is -3.87. The fraction of sp³-hybridized carbons (Fsp3) is 0.136. The summed E-state index contributed by atoms with van der Waals surface area (Å²) >= 11 is 0. The molecule has 29 heavy (non-hydrogen) atoms. The van der Waals surface area contributed by atoms with Crippen molar-refractivity contribution >= 4 is 11.6 Å². The first-order valence-corrected chi connectivity index (χ1v) is 9.31. The van der Waals surface area contributed by atoms with Gasteiger partial charge in [0.15, 0.2) is 0 Å². The Bertz CT molecular complexity index is 1080. The van der Waals surface area contributed by atoms with Crippen molar-refractivity contribution in [2.75, 3.05) is 11.9 Å². The van der Waals surface area contributed by atoms with Crippen LogP contribution >= 0.6 is 0 Å². The predicted octanol–water partition coefficient (Wildman–Crippen LogP) is 3.71. The molecule has 1 amide bonds. The Morgan fingerprint density at radius 2 is 1.97 bits per heavy atom. The fourth-order valence-corrected chi connectivity index (χ4v) is 2.88. The third-order valence-corrected chi connectivity index (χ3v) is 4.35. The van der Waals surface area contributed by atoms with Gasteiger partial charge in [-0.25, -0.2) is 4.68 Å². The van der Waals surface area contributed by atoms with Crippen molar-refractivity contribution in [1.82, 2.24) is 19.6 Å². The first-order valence-electron chi connectivity index (χ1n) is 9.31. The van der Waals surface area contributed by atoms with Crippen LogP contribution in [0.25, 0.3) is 5.69 Å². The second kappa shape index (κ2) is 8.43. The molecular weight excluding hydrogens is 366 g/mol. The number of nitrogens with zero attached hydrogens (tertiary/aromatic N) is 4. The number of hydrogen-bond acceptors (Lipinski definition) is 4. The summed E-state index contributed by atoms with van der Waals surface area (Å²) in [5.41, 5.74) is 3.24. The third kappa shape index (κ3) is 4.70. The molecule has 0 aliphatic rings. The summed E-state index contributed by atoms with van der Waals surface area (Å²) < 4.78 is 9.34. The van der Waals surface area contributed by atoms with Crippen molar-refractivity contribution in [1.29, 1.82) is 0 Å². The van der Waals surface area contributed by atoms with E-state index < -0.39 is 0 Å². The third-order valence-electron chi connectivity index (χ3n) is 4.35. The first-order chi connectivity index (χ1) is 14.2. The standard InChI is InChI=1S/C22H21N5O2/c1-17-15-24-27(16-17)20-8-6-18(7-9-20)22(28)25-19-4-2-5-21(14-19)29-13-12-26-11-3-10-23-26/h2-11,14-16H,12-13H2,1H3,(H,25,28). The minimum absolute atomic E-state index is 0.179. The lowest BCUT2D eigenvalue weighted by Crippen LogP contribution is -2.12. The average Bonchev–Trinajstić information content (AvgIpc) is 3.40. The van der Waals surface area contributed by atoms with E-state index in [9.17, 15) is 4.79 Å². The van der Waals surface area contributed by atoms with Gasteiger partial charge in [0.05, 0.1) is 18.4 Å². The van der Waals surface area contributed by atoms with E-state index in [1.54, 1.807) is 33.9 Å². The van der Waals surface area contributed by atoms with Crippen LogP contribution in [0.2, 0.25) is 0 Å². The summed E-state index contributed by atoms with van der Waals surface area (Å²) in [6, 6.07) is 16.5. The number of anilines is 1. The van der Waals surface area contributed by atoms with E-state index in [-0.39, 0.29) is 5.91 Å². The Morgan fingerprint density at radius 1 is 1.10 bits per heavy atom. The molecule has 0 saturated carbocycles. The Labute approximate surface area is 168 Å². The molecule has 0 spiro atoms. The summed E-state index contributed by atoms with van der Waals surface area (Å²) in [5.74, 6) is 0.515. The molecule has 0 fully saturated rings. The Morgan fingerprint density at radius 3 is 2.69 bits per heavy atom. The summed E-state index contributed by atoms with van der Waals surface area (Å²) in [6.45, 7) is 3.14. The molecule has 0 bridgehead atoms. The Kier molecular flexibility index (Phi) is 5.38. The minimum Gasteiger partial charge on any atom is -0.492 e. The highest BCUT2D eigenvalue weighted by atomic mass is 16.5. The zero-order valence-corrected chi connectivity index (χ0v) is 16.0. The van der Waals surface area contributed by atoms with Gasteiger partial charge in [-0.15, -0.1) is 0 Å². The smallest absolute Gasteiger partial charge is 0.255 e. The summed E-state index contributed by atoms with van der Waals surface area (Å²) in [5, 5.41) is 11.3. The van der Waals surface area contributed by atoms with Gasteiger partial charge in [0.25, 0.3) is 5.91 Å². The van der Waals surface area contributed by atoms with Gasteiger partial charge in [0.1, 0.15) is 12.4 Å². The lowest BCUT2D eigenvalue weighted by atomic mass is 10.2. The highest BCUT2D eigenvalue weighted by Gasteiger charge is 2.08. The number of benzene rings is 2. The molecule has 4 aromatic rings. The molecule has 4 rings (SSSR count). The van der Waals surface area contributed by atoms with Gasteiger partial charge in [-0.05, 0) is 55.0 Å². The monoisotopic (exact) mass is 387 g/mol. The zero-order valence-electron chi connectivity index (χ0n) is 16.0. The minimum atomic E-state index is -0.179. The molecule has 0 aliphatic carbocycles. The van der Waals surface area contributed by atoms with Crippen LogP contribution in [0.5, 0.6) is 5.75 Å². The quantitative estimate of drug-likeness (QED) is 0.525. The largest absolute Gasteiger partial charge is 0.492 e. The van der Waals surface area contributed by atoms with E-state index in [0.717, 1.165) is 11.3 Å². The SMILES string of the molecule is Cc1cnn(-c2ccc(C(=O)Nc3cccc(OCCn4cccn4)c3)cc2)c1. The van der Waals surface area contributed by atoms with Crippen molar-refractivity contribution in [2.24, 2.45) is 0 Å². The van der Waals surface area contributed by atoms with E-state index in [0.29, 0.717) is 30.2 Å². The molecule has 0 atom stereocenters. The molecule has 2 aromatic heterocycles. The van der Waals surface area contributed by atoms with Gasteiger partial charge in [0, 0.05) is 35.9 Å². The number of rotatable bonds is 7. The maximum Gasteiger partial charge on any atom is 0.255 e. The molecule has 0 aliphatic heterocycles. The van der Waals surface area contributed by atoms with Crippen LogP contribution in [0, 0.1) is 6.92 Å². The van der Waals surface area contributed by atoms with Crippen molar-refractivity contribution in [3.8, 4) is 11.4 Å². The van der Waals surface area contributed by atoms with Crippen molar-refractivity contribution in [3.05, 3.63) is 90.5 Å². The molecule has 146 valence electrons. The van der Waals surface area contributed by atoms with E-state index in [1.807, 2.05) is 61.8 Å². The first kappa shape index (κ1) is 18.5. The number of carbonyl (C=O) groups excluding carboxylic acids is 1. The topological polar surface area (TPSA) is 74.0 Å². The Balaban J connectivity index is 1.36. The summed E-state index contributed by atoms with van der Waals surface area (Å²) in [6.07, 6.45) is 7.36. The maximum absolute atomic E-state index is 12.6. The van der Waals surface area contributed by atoms with Crippen LogP contribution in [0.4, 0.5) is 5.69 Å². The lowest BCUT2D eigenvalue weighted by Gasteiger charge is -2.10. The van der Waals surface area contributed by atoms with Crippen LogP contribution in [0.1, 0.15) is 15.9 Å². The van der Waals surface area contributed by atoms with Crippen molar-refractivity contribution in [3.63, 3.8) is 0 Å². The number of carbonyl (C=O) groups is 1.